The molecule has 2 aromatic rings. The number of nitrogens with one attached hydrogen (secondary N) is 1. The number of carbonyl (C=O) groups is 1. The fraction of sp³-hybridized carbons (Fsp3) is 0.250. The van der Waals surface area contributed by atoms with Gasteiger partial charge < -0.3 is 10.2 Å². The number of halogens is 1. The Morgan fingerprint density at radius 1 is 1.33 bits per heavy atom. The fourth-order valence-electron chi connectivity index (χ4n) is 2.05. The Hall–Kier alpha value is -2.07. The van der Waals surface area contributed by atoms with E-state index in [0.717, 1.165) is 5.56 Å². The average Bonchev–Trinajstić information content (AvgIpc) is 2.53. The van der Waals surface area contributed by atoms with E-state index in [1.165, 1.54) is 0 Å². The third-order valence-corrected chi connectivity index (χ3v) is 3.50. The van der Waals surface area contributed by atoms with Gasteiger partial charge in [0.05, 0.1) is 10.6 Å². The fourth-order valence-corrected chi connectivity index (χ4v) is 2.31. The predicted octanol–water partition coefficient (Wildman–Crippen LogP) is 3.44. The van der Waals surface area contributed by atoms with Crippen molar-refractivity contribution in [2.75, 3.05) is 18.9 Å². The van der Waals surface area contributed by atoms with Gasteiger partial charge in [-0.15, -0.1) is 0 Å². The van der Waals surface area contributed by atoms with Gasteiger partial charge in [0, 0.05) is 26.3 Å². The smallest absolute Gasteiger partial charge is 0.255 e. The third kappa shape index (κ3) is 3.73. The Kier molecular flexibility index (Phi) is 5.17. The van der Waals surface area contributed by atoms with Gasteiger partial charge in [0.25, 0.3) is 5.91 Å². The molecule has 2 rings (SSSR count). The molecule has 1 aromatic heterocycles. The molecule has 0 unspecified atom stereocenters. The SMILES string of the molecule is CCN(Cc1ccccc1)C(=O)c1cnc(NC)c(Cl)c1. The lowest BCUT2D eigenvalue weighted by Gasteiger charge is -2.21. The molecule has 1 aromatic carbocycles. The molecule has 21 heavy (non-hydrogen) atoms. The lowest BCUT2D eigenvalue weighted by Crippen LogP contribution is -2.30. The van der Waals surface area contributed by atoms with E-state index in [1.807, 2.05) is 37.3 Å². The van der Waals surface area contributed by atoms with Gasteiger partial charge in [-0.1, -0.05) is 41.9 Å². The van der Waals surface area contributed by atoms with Gasteiger partial charge in [0.15, 0.2) is 0 Å². The lowest BCUT2D eigenvalue weighted by molar-refractivity contribution is 0.0752. The molecule has 0 saturated carbocycles. The van der Waals surface area contributed by atoms with Crippen LogP contribution in [0.4, 0.5) is 5.82 Å². The number of hydrogen-bond donors (Lipinski definition) is 1. The Labute approximate surface area is 129 Å². The van der Waals surface area contributed by atoms with E-state index in [1.54, 1.807) is 24.2 Å². The number of hydrogen-bond acceptors (Lipinski definition) is 3. The largest absolute Gasteiger partial charge is 0.372 e. The normalized spacial score (nSPS) is 10.2. The molecule has 0 aliphatic carbocycles. The summed E-state index contributed by atoms with van der Waals surface area (Å²) in [6.45, 7) is 3.15. The van der Waals surface area contributed by atoms with Crippen molar-refractivity contribution in [3.63, 3.8) is 0 Å². The quantitative estimate of drug-likeness (QED) is 0.920. The van der Waals surface area contributed by atoms with E-state index in [0.29, 0.717) is 29.5 Å². The van der Waals surface area contributed by atoms with Crippen molar-refractivity contribution in [3.05, 3.63) is 58.7 Å². The van der Waals surface area contributed by atoms with Crippen molar-refractivity contribution in [1.82, 2.24) is 9.88 Å². The standard InChI is InChI=1S/C16H18ClN3O/c1-3-20(11-12-7-5-4-6-8-12)16(21)13-9-14(17)15(18-2)19-10-13/h4-10H,3,11H2,1-2H3,(H,18,19). The highest BCUT2D eigenvalue weighted by Gasteiger charge is 2.16. The minimum atomic E-state index is -0.0709. The van der Waals surface area contributed by atoms with Crippen molar-refractivity contribution in [2.45, 2.75) is 13.5 Å². The van der Waals surface area contributed by atoms with E-state index in [2.05, 4.69) is 10.3 Å². The first-order valence-corrected chi connectivity index (χ1v) is 7.20. The van der Waals surface area contributed by atoms with Crippen molar-refractivity contribution < 1.29 is 4.79 Å². The maximum Gasteiger partial charge on any atom is 0.255 e. The van der Waals surface area contributed by atoms with Crippen LogP contribution in [0.3, 0.4) is 0 Å². The van der Waals surface area contributed by atoms with E-state index < -0.39 is 0 Å². The van der Waals surface area contributed by atoms with Crippen molar-refractivity contribution in [2.24, 2.45) is 0 Å². The predicted molar refractivity (Wildman–Crippen MR) is 85.7 cm³/mol. The molecule has 0 saturated heterocycles. The molecule has 1 heterocycles. The van der Waals surface area contributed by atoms with Crippen LogP contribution in [0.1, 0.15) is 22.8 Å². The lowest BCUT2D eigenvalue weighted by atomic mass is 10.2. The molecular formula is C16H18ClN3O. The van der Waals surface area contributed by atoms with Crippen LogP contribution in [0.25, 0.3) is 0 Å². The molecule has 0 atom stereocenters. The van der Waals surface area contributed by atoms with E-state index in [-0.39, 0.29) is 5.91 Å². The van der Waals surface area contributed by atoms with Crippen LogP contribution < -0.4 is 5.32 Å². The molecule has 110 valence electrons. The number of benzene rings is 1. The summed E-state index contributed by atoms with van der Waals surface area (Å²) in [5, 5.41) is 3.32. The van der Waals surface area contributed by atoms with Gasteiger partial charge in [-0.25, -0.2) is 4.98 Å². The van der Waals surface area contributed by atoms with Gasteiger partial charge in [0.2, 0.25) is 0 Å². The molecule has 0 aliphatic heterocycles. The van der Waals surface area contributed by atoms with Crippen LogP contribution in [0.15, 0.2) is 42.6 Å². The summed E-state index contributed by atoms with van der Waals surface area (Å²) in [7, 11) is 1.74. The highest BCUT2D eigenvalue weighted by Crippen LogP contribution is 2.20. The van der Waals surface area contributed by atoms with Gasteiger partial charge in [-0.3, -0.25) is 4.79 Å². The Morgan fingerprint density at radius 3 is 2.62 bits per heavy atom. The number of aromatic nitrogens is 1. The van der Waals surface area contributed by atoms with Crippen molar-refractivity contribution in [3.8, 4) is 0 Å². The summed E-state index contributed by atoms with van der Waals surface area (Å²) in [5.74, 6) is 0.498. The summed E-state index contributed by atoms with van der Waals surface area (Å²) in [6, 6.07) is 11.6. The second-order valence-electron chi connectivity index (χ2n) is 4.61. The number of anilines is 1. The summed E-state index contributed by atoms with van der Waals surface area (Å²) < 4.78 is 0. The van der Waals surface area contributed by atoms with Gasteiger partial charge in [0.1, 0.15) is 5.82 Å². The second kappa shape index (κ2) is 7.09. The molecule has 0 aliphatic rings. The molecular weight excluding hydrogens is 286 g/mol. The molecule has 5 heteroatoms. The number of nitrogens with zero attached hydrogens (tertiary/aromatic N) is 2. The average molecular weight is 304 g/mol. The molecule has 4 nitrogen and oxygen atoms in total. The van der Waals surface area contributed by atoms with Gasteiger partial charge in [-0.2, -0.15) is 0 Å². The van der Waals surface area contributed by atoms with Crippen molar-refractivity contribution >= 4 is 23.3 Å². The Bertz CT molecular complexity index is 616. The van der Waals surface area contributed by atoms with Crippen LogP contribution >= 0.6 is 11.6 Å². The maximum absolute atomic E-state index is 12.5. The molecule has 0 bridgehead atoms. The van der Waals surface area contributed by atoms with Crippen LogP contribution in [0.5, 0.6) is 0 Å². The molecule has 0 fully saturated rings. The van der Waals surface area contributed by atoms with Crippen LogP contribution in [-0.2, 0) is 6.54 Å². The first-order valence-electron chi connectivity index (χ1n) is 6.82. The zero-order chi connectivity index (χ0) is 15.2. The summed E-state index contributed by atoms with van der Waals surface area (Å²) in [6.07, 6.45) is 1.55. The number of pyridine rings is 1. The summed E-state index contributed by atoms with van der Waals surface area (Å²) in [5.41, 5.74) is 1.59. The van der Waals surface area contributed by atoms with E-state index >= 15 is 0 Å². The number of rotatable bonds is 5. The minimum absolute atomic E-state index is 0.0709. The van der Waals surface area contributed by atoms with Crippen LogP contribution in [0, 0.1) is 0 Å². The number of carbonyl (C=O) groups excluding carboxylic acids is 1. The zero-order valence-electron chi connectivity index (χ0n) is 12.1. The zero-order valence-corrected chi connectivity index (χ0v) is 12.9. The highest BCUT2D eigenvalue weighted by molar-refractivity contribution is 6.33. The Balaban J connectivity index is 2.18. The molecule has 0 spiro atoms. The monoisotopic (exact) mass is 303 g/mol. The van der Waals surface area contributed by atoms with Crippen molar-refractivity contribution in [1.29, 1.82) is 0 Å². The first kappa shape index (κ1) is 15.3. The van der Waals surface area contributed by atoms with E-state index in [4.69, 9.17) is 11.6 Å². The summed E-state index contributed by atoms with van der Waals surface area (Å²) >= 11 is 6.09. The minimum Gasteiger partial charge on any atom is -0.372 e. The van der Waals surface area contributed by atoms with Gasteiger partial charge in [-0.05, 0) is 18.6 Å². The first-order chi connectivity index (χ1) is 10.2. The highest BCUT2D eigenvalue weighted by atomic mass is 35.5. The van der Waals surface area contributed by atoms with E-state index in [9.17, 15) is 4.79 Å². The number of amides is 1. The van der Waals surface area contributed by atoms with Crippen LogP contribution in [-0.4, -0.2) is 29.4 Å². The maximum atomic E-state index is 12.5. The molecule has 1 N–H and O–H groups in total. The molecule has 0 radical (unpaired) electrons. The second-order valence-corrected chi connectivity index (χ2v) is 5.02. The van der Waals surface area contributed by atoms with Gasteiger partial charge >= 0.3 is 0 Å². The third-order valence-electron chi connectivity index (χ3n) is 3.21. The topological polar surface area (TPSA) is 45.2 Å². The van der Waals surface area contributed by atoms with Crippen LogP contribution in [0.2, 0.25) is 5.02 Å². The Morgan fingerprint density at radius 2 is 2.05 bits per heavy atom. The molecule has 1 amide bonds. The summed E-state index contributed by atoms with van der Waals surface area (Å²) in [4.78, 5) is 18.5.